The van der Waals surface area contributed by atoms with E-state index in [4.69, 9.17) is 0 Å². The highest BCUT2D eigenvalue weighted by Gasteiger charge is 2.20. The Morgan fingerprint density at radius 3 is 2.69 bits per heavy atom. The maximum atomic E-state index is 15.2. The van der Waals surface area contributed by atoms with Crippen molar-refractivity contribution in [2.75, 3.05) is 0 Å². The normalized spacial score (nSPS) is 12.6. The van der Waals surface area contributed by atoms with E-state index in [2.05, 4.69) is 4.98 Å². The lowest BCUT2D eigenvalue weighted by atomic mass is 10.00. The second kappa shape index (κ2) is 5.98. The highest BCUT2D eigenvalue weighted by atomic mass is 19.1. The van der Waals surface area contributed by atoms with Gasteiger partial charge in [-0.25, -0.2) is 13.2 Å². The third kappa shape index (κ3) is 2.45. The zero-order valence-corrected chi connectivity index (χ0v) is 13.7. The van der Waals surface area contributed by atoms with E-state index in [-0.39, 0.29) is 22.0 Å². The van der Waals surface area contributed by atoms with Crippen LogP contribution in [0.2, 0.25) is 0 Å². The van der Waals surface area contributed by atoms with E-state index >= 15 is 4.39 Å². The van der Waals surface area contributed by atoms with Gasteiger partial charge in [0.25, 0.3) is 0 Å². The van der Waals surface area contributed by atoms with Crippen LogP contribution in [0.4, 0.5) is 13.2 Å². The summed E-state index contributed by atoms with van der Waals surface area (Å²) in [5.74, 6) is -1.84. The Kier molecular flexibility index (Phi) is 3.76. The van der Waals surface area contributed by atoms with Crippen molar-refractivity contribution in [1.29, 1.82) is 0 Å². The van der Waals surface area contributed by atoms with Gasteiger partial charge in [-0.3, -0.25) is 9.78 Å². The molecule has 0 aliphatic rings. The molecule has 0 bridgehead atoms. The van der Waals surface area contributed by atoms with Crippen LogP contribution in [0.15, 0.2) is 59.7 Å². The van der Waals surface area contributed by atoms with Gasteiger partial charge in [0.1, 0.15) is 5.82 Å². The number of hydrogen-bond acceptors (Lipinski definition) is 2. The molecule has 0 amide bonds. The fraction of sp³-hybridized carbons (Fsp3) is 0.100. The summed E-state index contributed by atoms with van der Waals surface area (Å²) >= 11 is 0. The van der Waals surface area contributed by atoms with Crippen LogP contribution >= 0.6 is 0 Å². The van der Waals surface area contributed by atoms with E-state index < -0.39 is 23.4 Å². The van der Waals surface area contributed by atoms with Crippen molar-refractivity contribution in [2.24, 2.45) is 0 Å². The van der Waals surface area contributed by atoms with Crippen molar-refractivity contribution in [3.05, 3.63) is 76.7 Å². The zero-order chi connectivity index (χ0) is 18.4. The van der Waals surface area contributed by atoms with E-state index in [9.17, 15) is 13.6 Å². The Morgan fingerprint density at radius 2 is 1.92 bits per heavy atom. The largest absolute Gasteiger partial charge is 0.314 e. The molecule has 130 valence electrons. The predicted octanol–water partition coefficient (Wildman–Crippen LogP) is 4.98. The summed E-state index contributed by atoms with van der Waals surface area (Å²) in [7, 11) is 0. The Hall–Kier alpha value is -3.15. The molecule has 4 aromatic rings. The number of fused-ring (bicyclic) bond motifs is 2. The fourth-order valence-electron chi connectivity index (χ4n) is 3.15. The van der Waals surface area contributed by atoms with Crippen molar-refractivity contribution in [3.63, 3.8) is 0 Å². The standard InChI is InChI=1S/C20H13F3N2O/c1-11(21)25-8-6-17(26)14-10-15(22)18(19(23)20(14)25)13-4-5-16-12(9-13)3-2-7-24-16/h2-11H,1H3. The zero-order valence-electron chi connectivity index (χ0n) is 13.7. The maximum absolute atomic E-state index is 15.2. The minimum Gasteiger partial charge on any atom is -0.314 e. The third-order valence-electron chi connectivity index (χ3n) is 4.38. The molecule has 1 atom stereocenters. The predicted molar refractivity (Wildman–Crippen MR) is 94.7 cm³/mol. The summed E-state index contributed by atoms with van der Waals surface area (Å²) < 4.78 is 44.8. The Bertz CT molecular complexity index is 1220. The van der Waals surface area contributed by atoms with Gasteiger partial charge in [0.15, 0.2) is 17.5 Å². The summed E-state index contributed by atoms with van der Waals surface area (Å²) in [5.41, 5.74) is -0.147. The van der Waals surface area contributed by atoms with Crippen LogP contribution in [0.5, 0.6) is 0 Å². The first-order valence-electron chi connectivity index (χ1n) is 7.99. The molecule has 0 fully saturated rings. The van der Waals surface area contributed by atoms with Crippen LogP contribution in [0.1, 0.15) is 13.2 Å². The first-order chi connectivity index (χ1) is 12.5. The number of halogens is 3. The Balaban J connectivity index is 2.09. The lowest BCUT2D eigenvalue weighted by Gasteiger charge is -2.15. The summed E-state index contributed by atoms with van der Waals surface area (Å²) in [6, 6.07) is 10.4. The molecule has 0 saturated heterocycles. The lowest BCUT2D eigenvalue weighted by Crippen LogP contribution is -2.12. The molecule has 0 radical (unpaired) electrons. The van der Waals surface area contributed by atoms with Gasteiger partial charge in [0.05, 0.1) is 22.0 Å². The number of alkyl halides is 1. The highest BCUT2D eigenvalue weighted by Crippen LogP contribution is 2.33. The second-order valence-corrected chi connectivity index (χ2v) is 6.02. The second-order valence-electron chi connectivity index (χ2n) is 6.02. The van der Waals surface area contributed by atoms with Crippen molar-refractivity contribution < 1.29 is 13.2 Å². The summed E-state index contributed by atoms with van der Waals surface area (Å²) in [6.07, 6.45) is 1.22. The third-order valence-corrected chi connectivity index (χ3v) is 4.38. The van der Waals surface area contributed by atoms with Gasteiger partial charge in [-0.2, -0.15) is 0 Å². The quantitative estimate of drug-likeness (QED) is 0.509. The summed E-state index contributed by atoms with van der Waals surface area (Å²) in [6.45, 7) is 1.22. The minimum atomic E-state index is -1.58. The van der Waals surface area contributed by atoms with Gasteiger partial charge in [0, 0.05) is 23.8 Å². The number of pyridine rings is 2. The lowest BCUT2D eigenvalue weighted by molar-refractivity contribution is 0.273. The maximum Gasteiger partial charge on any atom is 0.189 e. The van der Waals surface area contributed by atoms with Crippen LogP contribution in [-0.4, -0.2) is 9.55 Å². The van der Waals surface area contributed by atoms with Crippen molar-refractivity contribution in [3.8, 4) is 11.1 Å². The topological polar surface area (TPSA) is 34.9 Å². The molecular formula is C20H13F3N2O. The highest BCUT2D eigenvalue weighted by molar-refractivity contribution is 5.89. The van der Waals surface area contributed by atoms with E-state index in [0.717, 1.165) is 16.7 Å². The van der Waals surface area contributed by atoms with Crippen LogP contribution in [0.3, 0.4) is 0 Å². The van der Waals surface area contributed by atoms with Gasteiger partial charge in [-0.15, -0.1) is 0 Å². The number of benzene rings is 2. The monoisotopic (exact) mass is 354 g/mol. The van der Waals surface area contributed by atoms with E-state index in [0.29, 0.717) is 10.9 Å². The van der Waals surface area contributed by atoms with Crippen LogP contribution in [0.25, 0.3) is 32.9 Å². The molecule has 4 rings (SSSR count). The van der Waals surface area contributed by atoms with Crippen LogP contribution in [-0.2, 0) is 0 Å². The van der Waals surface area contributed by atoms with E-state index in [1.165, 1.54) is 13.1 Å². The van der Waals surface area contributed by atoms with Gasteiger partial charge < -0.3 is 4.57 Å². The Morgan fingerprint density at radius 1 is 1.12 bits per heavy atom. The number of rotatable bonds is 2. The molecule has 2 aromatic carbocycles. The molecule has 0 spiro atoms. The van der Waals surface area contributed by atoms with Crippen molar-refractivity contribution in [2.45, 2.75) is 13.2 Å². The minimum absolute atomic E-state index is 0.196. The number of hydrogen-bond donors (Lipinski definition) is 0. The molecule has 0 aliphatic carbocycles. The molecule has 0 aliphatic heterocycles. The van der Waals surface area contributed by atoms with Gasteiger partial charge in [-0.1, -0.05) is 12.1 Å². The fourth-order valence-corrected chi connectivity index (χ4v) is 3.15. The molecule has 1 unspecified atom stereocenters. The molecule has 3 nitrogen and oxygen atoms in total. The molecule has 0 N–H and O–H groups in total. The van der Waals surface area contributed by atoms with Crippen molar-refractivity contribution >= 4 is 21.8 Å². The molecule has 2 heterocycles. The average Bonchev–Trinajstić information content (AvgIpc) is 2.62. The molecule has 0 saturated carbocycles. The molecule has 2 aromatic heterocycles. The summed E-state index contributed by atoms with van der Waals surface area (Å²) in [4.78, 5) is 16.2. The van der Waals surface area contributed by atoms with Crippen molar-refractivity contribution in [1.82, 2.24) is 9.55 Å². The smallest absolute Gasteiger partial charge is 0.189 e. The molecule has 26 heavy (non-hydrogen) atoms. The van der Waals surface area contributed by atoms with Gasteiger partial charge in [-0.05, 0) is 36.8 Å². The molecule has 6 heteroatoms. The van der Waals surface area contributed by atoms with Crippen LogP contribution < -0.4 is 5.43 Å². The number of nitrogens with zero attached hydrogens (tertiary/aromatic N) is 2. The summed E-state index contributed by atoms with van der Waals surface area (Å²) in [5, 5.41) is 0.520. The first-order valence-corrected chi connectivity index (χ1v) is 7.99. The molecular weight excluding hydrogens is 341 g/mol. The van der Waals surface area contributed by atoms with Gasteiger partial charge >= 0.3 is 0 Å². The van der Waals surface area contributed by atoms with E-state index in [1.54, 1.807) is 36.5 Å². The van der Waals surface area contributed by atoms with Crippen LogP contribution in [0, 0.1) is 11.6 Å². The average molecular weight is 354 g/mol. The number of aromatic nitrogens is 2. The SMILES string of the molecule is CC(F)n1ccc(=O)c2cc(F)c(-c3ccc4ncccc4c3)c(F)c21. The first kappa shape index (κ1) is 16.3. The van der Waals surface area contributed by atoms with Gasteiger partial charge in [0.2, 0.25) is 0 Å². The van der Waals surface area contributed by atoms with E-state index in [1.807, 2.05) is 0 Å². The Labute approximate surface area is 146 Å².